The van der Waals surface area contributed by atoms with Gasteiger partial charge in [0.2, 0.25) is 0 Å². The zero-order chi connectivity index (χ0) is 14.3. The van der Waals surface area contributed by atoms with Crippen LogP contribution in [0, 0.1) is 12.8 Å². The molecular weight excluding hydrogens is 274 g/mol. The Bertz CT molecular complexity index is 691. The minimum absolute atomic E-state index is 0.0348. The van der Waals surface area contributed by atoms with Crippen molar-refractivity contribution in [1.82, 2.24) is 4.90 Å². The molecule has 20 heavy (non-hydrogen) atoms. The number of carboxylic acid groups (broad SMARTS) is 1. The van der Waals surface area contributed by atoms with E-state index in [2.05, 4.69) is 0 Å². The van der Waals surface area contributed by atoms with Gasteiger partial charge in [-0.2, -0.15) is 0 Å². The van der Waals surface area contributed by atoms with E-state index >= 15 is 0 Å². The first kappa shape index (κ1) is 13.1. The van der Waals surface area contributed by atoms with E-state index in [0.717, 1.165) is 20.5 Å². The highest BCUT2D eigenvalue weighted by Crippen LogP contribution is 2.32. The molecule has 5 heteroatoms. The summed E-state index contributed by atoms with van der Waals surface area (Å²) in [6, 6.07) is 7.95. The molecule has 0 spiro atoms. The summed E-state index contributed by atoms with van der Waals surface area (Å²) >= 11 is 1.49. The van der Waals surface area contributed by atoms with Crippen LogP contribution < -0.4 is 0 Å². The summed E-state index contributed by atoms with van der Waals surface area (Å²) in [5.41, 5.74) is 0.995. The highest BCUT2D eigenvalue weighted by Gasteiger charge is 2.32. The molecule has 0 radical (unpaired) electrons. The Morgan fingerprint density at radius 2 is 2.10 bits per heavy atom. The van der Waals surface area contributed by atoms with Crippen molar-refractivity contribution in [2.45, 2.75) is 13.3 Å². The first-order valence-electron chi connectivity index (χ1n) is 6.58. The van der Waals surface area contributed by atoms with E-state index in [4.69, 9.17) is 5.11 Å². The van der Waals surface area contributed by atoms with E-state index in [1.54, 1.807) is 4.90 Å². The van der Waals surface area contributed by atoms with Gasteiger partial charge in [0.05, 0.1) is 10.8 Å². The van der Waals surface area contributed by atoms with Crippen LogP contribution in [-0.2, 0) is 4.79 Å². The molecule has 2 aromatic rings. The fraction of sp³-hybridized carbons (Fsp3) is 0.333. The Balaban J connectivity index is 1.90. The average molecular weight is 289 g/mol. The largest absolute Gasteiger partial charge is 0.481 e. The normalized spacial score (nSPS) is 18.6. The zero-order valence-corrected chi connectivity index (χ0v) is 11.9. The number of nitrogens with zero attached hydrogens (tertiary/aromatic N) is 1. The maximum atomic E-state index is 12.5. The van der Waals surface area contributed by atoms with Crippen molar-refractivity contribution >= 4 is 33.3 Å². The zero-order valence-electron chi connectivity index (χ0n) is 11.1. The predicted molar refractivity (Wildman–Crippen MR) is 78.2 cm³/mol. The summed E-state index contributed by atoms with van der Waals surface area (Å²) < 4.78 is 1.10. The monoisotopic (exact) mass is 289 g/mol. The van der Waals surface area contributed by atoms with Crippen molar-refractivity contribution < 1.29 is 14.7 Å². The molecule has 1 aromatic heterocycles. The van der Waals surface area contributed by atoms with Crippen molar-refractivity contribution in [1.29, 1.82) is 0 Å². The van der Waals surface area contributed by atoms with Gasteiger partial charge in [-0.3, -0.25) is 9.59 Å². The van der Waals surface area contributed by atoms with E-state index in [1.165, 1.54) is 11.3 Å². The van der Waals surface area contributed by atoms with Gasteiger partial charge >= 0.3 is 5.97 Å². The van der Waals surface area contributed by atoms with Crippen molar-refractivity contribution in [3.8, 4) is 0 Å². The van der Waals surface area contributed by atoms with Crippen molar-refractivity contribution in [3.63, 3.8) is 0 Å². The van der Waals surface area contributed by atoms with Gasteiger partial charge in [-0.15, -0.1) is 11.3 Å². The lowest BCUT2D eigenvalue weighted by molar-refractivity contribution is -0.141. The first-order valence-corrected chi connectivity index (χ1v) is 7.40. The van der Waals surface area contributed by atoms with Crippen LogP contribution in [0.2, 0.25) is 0 Å². The third-order valence-corrected chi connectivity index (χ3v) is 5.12. The van der Waals surface area contributed by atoms with E-state index in [9.17, 15) is 9.59 Å². The van der Waals surface area contributed by atoms with Gasteiger partial charge in [0.1, 0.15) is 0 Å². The molecule has 104 valence electrons. The van der Waals surface area contributed by atoms with Crippen LogP contribution in [0.4, 0.5) is 0 Å². The molecule has 1 fully saturated rings. The molecule has 1 unspecified atom stereocenters. The molecule has 1 N–H and O–H groups in total. The second-order valence-corrected chi connectivity index (χ2v) is 6.18. The first-order chi connectivity index (χ1) is 9.58. The summed E-state index contributed by atoms with van der Waals surface area (Å²) in [5, 5.41) is 10.1. The molecule has 1 saturated heterocycles. The molecule has 1 amide bonds. The van der Waals surface area contributed by atoms with Gasteiger partial charge in [0, 0.05) is 17.8 Å². The standard InChI is InChI=1S/C15H15NO3S/c1-9-11-4-2-3-5-12(11)20-13(9)14(17)16-7-6-10(8-16)15(18)19/h2-5,10H,6-8H2,1H3,(H,18,19). The van der Waals surface area contributed by atoms with Crippen LogP contribution in [0.15, 0.2) is 24.3 Å². The molecule has 1 aliphatic rings. The van der Waals surface area contributed by atoms with Gasteiger partial charge in [0.25, 0.3) is 5.91 Å². The number of hydrogen-bond donors (Lipinski definition) is 1. The van der Waals surface area contributed by atoms with Crippen molar-refractivity contribution in [3.05, 3.63) is 34.7 Å². The minimum atomic E-state index is -0.812. The molecule has 4 nitrogen and oxygen atoms in total. The Hall–Kier alpha value is -1.88. The maximum absolute atomic E-state index is 12.5. The Kier molecular flexibility index (Phi) is 3.22. The Labute approximate surface area is 120 Å². The van der Waals surface area contributed by atoms with E-state index in [-0.39, 0.29) is 5.91 Å². The Morgan fingerprint density at radius 1 is 1.35 bits per heavy atom. The molecule has 1 atom stereocenters. The van der Waals surface area contributed by atoms with Gasteiger partial charge in [-0.25, -0.2) is 0 Å². The maximum Gasteiger partial charge on any atom is 0.308 e. The van der Waals surface area contributed by atoms with Gasteiger partial charge in [0.15, 0.2) is 0 Å². The number of thiophene rings is 1. The quantitative estimate of drug-likeness (QED) is 0.925. The second-order valence-electron chi connectivity index (χ2n) is 5.13. The number of carboxylic acids is 1. The van der Waals surface area contributed by atoms with E-state index < -0.39 is 11.9 Å². The molecule has 1 aliphatic heterocycles. The lowest BCUT2D eigenvalue weighted by Gasteiger charge is -2.15. The third-order valence-electron chi connectivity index (χ3n) is 3.86. The fourth-order valence-electron chi connectivity index (χ4n) is 2.67. The number of amides is 1. The van der Waals surface area contributed by atoms with E-state index in [1.807, 2.05) is 31.2 Å². The number of carbonyl (C=O) groups excluding carboxylic acids is 1. The molecular formula is C15H15NO3S. The SMILES string of the molecule is Cc1c(C(=O)N2CCC(C(=O)O)C2)sc2ccccc12. The number of likely N-dealkylation sites (tertiary alicyclic amines) is 1. The number of carbonyl (C=O) groups is 2. The second kappa shape index (κ2) is 4.90. The highest BCUT2D eigenvalue weighted by atomic mass is 32.1. The highest BCUT2D eigenvalue weighted by molar-refractivity contribution is 7.21. The Morgan fingerprint density at radius 3 is 2.75 bits per heavy atom. The summed E-state index contributed by atoms with van der Waals surface area (Å²) in [6.45, 7) is 2.81. The summed E-state index contributed by atoms with van der Waals surface area (Å²) in [6.07, 6.45) is 0.547. The van der Waals surface area contributed by atoms with Crippen LogP contribution in [0.1, 0.15) is 21.7 Å². The third kappa shape index (κ3) is 2.08. The lowest BCUT2D eigenvalue weighted by Crippen LogP contribution is -2.29. The van der Waals surface area contributed by atoms with Gasteiger partial charge < -0.3 is 10.0 Å². The number of benzene rings is 1. The molecule has 3 rings (SSSR count). The van der Waals surface area contributed by atoms with Gasteiger partial charge in [-0.1, -0.05) is 18.2 Å². The van der Waals surface area contributed by atoms with Crippen LogP contribution in [0.3, 0.4) is 0 Å². The van der Waals surface area contributed by atoms with Crippen molar-refractivity contribution in [2.24, 2.45) is 5.92 Å². The molecule has 0 bridgehead atoms. The number of aryl methyl sites for hydroxylation is 1. The predicted octanol–water partition coefficient (Wildman–Crippen LogP) is 2.76. The molecule has 0 aliphatic carbocycles. The smallest absolute Gasteiger partial charge is 0.308 e. The molecule has 1 aromatic carbocycles. The topological polar surface area (TPSA) is 57.6 Å². The molecule has 2 heterocycles. The summed E-state index contributed by atoms with van der Waals surface area (Å²) in [7, 11) is 0. The van der Waals surface area contributed by atoms with Crippen molar-refractivity contribution in [2.75, 3.05) is 13.1 Å². The summed E-state index contributed by atoms with van der Waals surface area (Å²) in [4.78, 5) is 25.9. The minimum Gasteiger partial charge on any atom is -0.481 e. The van der Waals surface area contributed by atoms with Crippen LogP contribution in [0.25, 0.3) is 10.1 Å². The number of aliphatic carboxylic acids is 1. The number of hydrogen-bond acceptors (Lipinski definition) is 3. The average Bonchev–Trinajstić information content (AvgIpc) is 3.04. The summed E-state index contributed by atoms with van der Waals surface area (Å²) in [5.74, 6) is -1.27. The van der Waals surface area contributed by atoms with E-state index in [0.29, 0.717) is 19.5 Å². The van der Waals surface area contributed by atoms with Crippen LogP contribution >= 0.6 is 11.3 Å². The lowest BCUT2D eigenvalue weighted by atomic mass is 10.1. The van der Waals surface area contributed by atoms with Crippen LogP contribution in [-0.4, -0.2) is 35.0 Å². The number of rotatable bonds is 2. The fourth-order valence-corrected chi connectivity index (χ4v) is 3.85. The molecule has 0 saturated carbocycles. The number of fused-ring (bicyclic) bond motifs is 1. The van der Waals surface area contributed by atoms with Crippen LogP contribution in [0.5, 0.6) is 0 Å². The van der Waals surface area contributed by atoms with Gasteiger partial charge in [-0.05, 0) is 30.4 Å².